The van der Waals surface area contributed by atoms with Gasteiger partial charge in [-0.2, -0.15) is 0 Å². The molecule has 3 rings (SSSR count). The summed E-state index contributed by atoms with van der Waals surface area (Å²) in [5.41, 5.74) is 0.482. The molecule has 1 heterocycles. The number of rotatable bonds is 8. The molecule has 6 nitrogen and oxygen atoms in total. The summed E-state index contributed by atoms with van der Waals surface area (Å²) in [6, 6.07) is 9.92. The Hall–Kier alpha value is -1.06. The molecule has 1 aliphatic heterocycles. The van der Waals surface area contributed by atoms with Crippen LogP contribution >= 0.6 is 34.8 Å². The molecule has 170 valence electrons. The summed E-state index contributed by atoms with van der Waals surface area (Å²) in [5, 5.41) is 11.7. The number of piperidine rings is 1. The second-order valence-corrected chi connectivity index (χ2v) is 10.5. The highest BCUT2D eigenvalue weighted by Crippen LogP contribution is 2.28. The molecule has 1 aliphatic rings. The van der Waals surface area contributed by atoms with Gasteiger partial charge in [0.15, 0.2) is 0 Å². The van der Waals surface area contributed by atoms with Gasteiger partial charge in [-0.1, -0.05) is 40.9 Å². The molecule has 0 radical (unpaired) electrons. The maximum absolute atomic E-state index is 12.5. The number of sulfonamides is 1. The van der Waals surface area contributed by atoms with E-state index in [1.54, 1.807) is 37.3 Å². The van der Waals surface area contributed by atoms with Gasteiger partial charge in [-0.15, -0.1) is 0 Å². The molecule has 0 spiro atoms. The van der Waals surface area contributed by atoms with Crippen LogP contribution in [0.4, 0.5) is 0 Å². The van der Waals surface area contributed by atoms with E-state index in [0.29, 0.717) is 32.9 Å². The molecule has 31 heavy (non-hydrogen) atoms. The minimum atomic E-state index is -3.75. The smallest absolute Gasteiger partial charge is 0.240 e. The van der Waals surface area contributed by atoms with Gasteiger partial charge in [0.2, 0.25) is 10.0 Å². The fraction of sp³-hybridized carbons (Fsp3) is 0.429. The Morgan fingerprint density at radius 3 is 2.52 bits per heavy atom. The van der Waals surface area contributed by atoms with E-state index < -0.39 is 16.1 Å². The highest BCUT2D eigenvalue weighted by Gasteiger charge is 2.24. The fourth-order valence-electron chi connectivity index (χ4n) is 3.48. The molecular formula is C21H25Cl3N2O4S. The predicted molar refractivity (Wildman–Crippen MR) is 124 cm³/mol. The Morgan fingerprint density at radius 1 is 1.13 bits per heavy atom. The van der Waals surface area contributed by atoms with E-state index in [9.17, 15) is 13.5 Å². The Morgan fingerprint density at radius 2 is 1.84 bits per heavy atom. The normalized spacial score (nSPS) is 16.9. The summed E-state index contributed by atoms with van der Waals surface area (Å²) < 4.78 is 33.5. The van der Waals surface area contributed by atoms with Crippen LogP contribution in [0.5, 0.6) is 5.75 Å². The third-order valence-corrected chi connectivity index (χ3v) is 7.93. The minimum absolute atomic E-state index is 0.0509. The molecule has 1 atom stereocenters. The van der Waals surface area contributed by atoms with Crippen molar-refractivity contribution in [1.82, 2.24) is 9.62 Å². The van der Waals surface area contributed by atoms with E-state index in [1.807, 2.05) is 0 Å². The Kier molecular flexibility index (Phi) is 8.49. The van der Waals surface area contributed by atoms with Crippen LogP contribution in [0.1, 0.15) is 18.4 Å². The van der Waals surface area contributed by atoms with Gasteiger partial charge in [-0.25, -0.2) is 13.1 Å². The van der Waals surface area contributed by atoms with Crippen molar-refractivity contribution in [2.75, 3.05) is 26.2 Å². The number of ether oxygens (including phenoxy) is 1. The van der Waals surface area contributed by atoms with Crippen molar-refractivity contribution in [3.05, 3.63) is 57.0 Å². The first-order valence-electron chi connectivity index (χ1n) is 9.92. The molecule has 0 aromatic heterocycles. The largest absolute Gasteiger partial charge is 0.490 e. The topological polar surface area (TPSA) is 78.9 Å². The Balaban J connectivity index is 1.45. The van der Waals surface area contributed by atoms with Gasteiger partial charge < -0.3 is 14.7 Å². The molecular weight excluding hydrogens is 483 g/mol. The zero-order valence-corrected chi connectivity index (χ0v) is 20.1. The monoisotopic (exact) mass is 506 g/mol. The summed E-state index contributed by atoms with van der Waals surface area (Å²) in [5.74, 6) is 0.679. The van der Waals surface area contributed by atoms with Crippen LogP contribution in [0.3, 0.4) is 0 Å². The second-order valence-electron chi connectivity index (χ2n) is 7.56. The number of likely N-dealkylation sites (tertiary alicyclic amines) is 1. The van der Waals surface area contributed by atoms with Gasteiger partial charge in [0.1, 0.15) is 11.9 Å². The van der Waals surface area contributed by atoms with Crippen molar-refractivity contribution >= 4 is 44.8 Å². The summed E-state index contributed by atoms with van der Waals surface area (Å²) in [7, 11) is -3.75. The van der Waals surface area contributed by atoms with E-state index in [0.717, 1.165) is 25.9 Å². The Labute approximate surface area is 198 Å². The summed E-state index contributed by atoms with van der Waals surface area (Å²) in [4.78, 5) is 2.21. The van der Waals surface area contributed by atoms with Gasteiger partial charge in [0.25, 0.3) is 0 Å². The number of benzene rings is 2. The summed E-state index contributed by atoms with van der Waals surface area (Å²) in [6.07, 6.45) is 0.803. The highest BCUT2D eigenvalue weighted by atomic mass is 35.5. The van der Waals surface area contributed by atoms with Gasteiger partial charge >= 0.3 is 0 Å². The molecule has 2 aromatic carbocycles. The lowest BCUT2D eigenvalue weighted by Gasteiger charge is -2.33. The molecule has 2 aromatic rings. The first kappa shape index (κ1) is 24.6. The molecule has 0 unspecified atom stereocenters. The molecule has 10 heteroatoms. The van der Waals surface area contributed by atoms with Crippen LogP contribution in [-0.4, -0.2) is 56.8 Å². The van der Waals surface area contributed by atoms with E-state index in [2.05, 4.69) is 9.62 Å². The lowest BCUT2D eigenvalue weighted by Crippen LogP contribution is -2.45. The molecule has 1 saturated heterocycles. The van der Waals surface area contributed by atoms with Crippen molar-refractivity contribution in [3.8, 4) is 5.75 Å². The number of aliphatic hydroxyl groups is 1. The first-order chi connectivity index (χ1) is 14.7. The molecule has 0 aliphatic carbocycles. The number of β-amino-alcohol motifs (C(OH)–C–C–N with tert-alkyl or cyclic N) is 1. The lowest BCUT2D eigenvalue weighted by molar-refractivity contribution is 0.0630. The molecule has 0 saturated carbocycles. The van der Waals surface area contributed by atoms with E-state index in [1.165, 1.54) is 6.07 Å². The van der Waals surface area contributed by atoms with Gasteiger partial charge in [-0.3, -0.25) is 0 Å². The SMILES string of the molecule is Cc1c(Cl)cccc1S(=O)(=O)NC[C@H](O)CN1CCC(Oc2ccc(Cl)c(Cl)c2)CC1. The summed E-state index contributed by atoms with van der Waals surface area (Å²) >= 11 is 18.0. The predicted octanol–water partition coefficient (Wildman–Crippen LogP) is 4.14. The molecule has 0 amide bonds. The van der Waals surface area contributed by atoms with Crippen LogP contribution in [0, 0.1) is 6.92 Å². The maximum Gasteiger partial charge on any atom is 0.240 e. The number of hydrogen-bond acceptors (Lipinski definition) is 5. The molecule has 2 N–H and O–H groups in total. The molecule has 0 bridgehead atoms. The first-order valence-corrected chi connectivity index (χ1v) is 12.5. The van der Waals surface area contributed by atoms with Crippen molar-refractivity contribution in [1.29, 1.82) is 0 Å². The van der Waals surface area contributed by atoms with Crippen LogP contribution in [-0.2, 0) is 10.0 Å². The fourth-order valence-corrected chi connectivity index (χ4v) is 5.33. The third kappa shape index (κ3) is 6.71. The summed E-state index contributed by atoms with van der Waals surface area (Å²) in [6.45, 7) is 3.43. The van der Waals surface area contributed by atoms with E-state index in [4.69, 9.17) is 39.5 Å². The number of aliphatic hydroxyl groups excluding tert-OH is 1. The second kappa shape index (κ2) is 10.7. The van der Waals surface area contributed by atoms with Crippen LogP contribution in [0.15, 0.2) is 41.3 Å². The van der Waals surface area contributed by atoms with Gasteiger partial charge in [0.05, 0.1) is 21.0 Å². The number of nitrogens with one attached hydrogen (secondary N) is 1. The van der Waals surface area contributed by atoms with Crippen molar-refractivity contribution in [2.45, 2.75) is 36.9 Å². The van der Waals surface area contributed by atoms with Crippen LogP contribution < -0.4 is 9.46 Å². The van der Waals surface area contributed by atoms with E-state index >= 15 is 0 Å². The number of hydrogen-bond donors (Lipinski definition) is 2. The zero-order chi connectivity index (χ0) is 22.6. The zero-order valence-electron chi connectivity index (χ0n) is 17.0. The minimum Gasteiger partial charge on any atom is -0.490 e. The number of nitrogens with zero attached hydrogens (tertiary/aromatic N) is 1. The van der Waals surface area contributed by atoms with Gasteiger partial charge in [-0.05, 0) is 49.6 Å². The molecule has 1 fully saturated rings. The number of halogens is 3. The Bertz CT molecular complexity index is 1010. The third-order valence-electron chi connectivity index (χ3n) is 5.21. The quantitative estimate of drug-likeness (QED) is 0.561. The van der Waals surface area contributed by atoms with Crippen LogP contribution in [0.2, 0.25) is 15.1 Å². The van der Waals surface area contributed by atoms with Crippen molar-refractivity contribution < 1.29 is 18.3 Å². The average molecular weight is 508 g/mol. The van der Waals surface area contributed by atoms with Crippen LogP contribution in [0.25, 0.3) is 0 Å². The maximum atomic E-state index is 12.5. The highest BCUT2D eigenvalue weighted by molar-refractivity contribution is 7.89. The van der Waals surface area contributed by atoms with E-state index in [-0.39, 0.29) is 17.5 Å². The van der Waals surface area contributed by atoms with Crippen molar-refractivity contribution in [2.24, 2.45) is 0 Å². The van der Waals surface area contributed by atoms with Gasteiger partial charge in [0, 0.05) is 37.3 Å². The lowest BCUT2D eigenvalue weighted by atomic mass is 10.1. The average Bonchev–Trinajstić information content (AvgIpc) is 2.73. The van der Waals surface area contributed by atoms with Crippen molar-refractivity contribution in [3.63, 3.8) is 0 Å². The standard InChI is InChI=1S/C21H25Cl3N2O4S/c1-14-18(22)3-2-4-21(14)31(28,29)25-12-15(27)13-26-9-7-16(8-10-26)30-17-5-6-19(23)20(24)11-17/h2-6,11,15-16,25,27H,7-10,12-13H2,1H3/t15-/m0/s1.